The maximum absolute atomic E-state index is 12.1. The standard InChI is InChI=1S/C7H7F3N2O2/c1-2-14-12-5(4-13)3-6(11-12)7(8,9)10/h3-4H,2H2,1H3. The summed E-state index contributed by atoms with van der Waals surface area (Å²) in [5.74, 6) is 0. The van der Waals surface area contributed by atoms with Crippen LogP contribution in [-0.4, -0.2) is 22.8 Å². The summed E-state index contributed by atoms with van der Waals surface area (Å²) >= 11 is 0. The van der Waals surface area contributed by atoms with Crippen molar-refractivity contribution in [2.75, 3.05) is 6.61 Å². The molecule has 0 unspecified atom stereocenters. The molecule has 0 atom stereocenters. The molecule has 0 fully saturated rings. The Labute approximate surface area is 77.2 Å². The summed E-state index contributed by atoms with van der Waals surface area (Å²) in [4.78, 5) is 15.6. The second kappa shape index (κ2) is 3.69. The van der Waals surface area contributed by atoms with Gasteiger partial charge in [0.2, 0.25) is 0 Å². The van der Waals surface area contributed by atoms with E-state index in [2.05, 4.69) is 9.94 Å². The Morgan fingerprint density at radius 1 is 1.64 bits per heavy atom. The Morgan fingerprint density at radius 2 is 2.29 bits per heavy atom. The molecule has 0 aromatic carbocycles. The lowest BCUT2D eigenvalue weighted by molar-refractivity contribution is -0.142. The molecule has 0 saturated carbocycles. The van der Waals surface area contributed by atoms with Gasteiger partial charge in [-0.2, -0.15) is 13.2 Å². The van der Waals surface area contributed by atoms with Gasteiger partial charge in [0.25, 0.3) is 0 Å². The average Bonchev–Trinajstić information content (AvgIpc) is 2.47. The maximum Gasteiger partial charge on any atom is 0.435 e. The third-order valence-corrected chi connectivity index (χ3v) is 1.37. The average molecular weight is 208 g/mol. The number of hydrogen-bond donors (Lipinski definition) is 0. The van der Waals surface area contributed by atoms with E-state index >= 15 is 0 Å². The molecule has 4 nitrogen and oxygen atoms in total. The van der Waals surface area contributed by atoms with Crippen LogP contribution in [0.3, 0.4) is 0 Å². The fourth-order valence-corrected chi connectivity index (χ4v) is 0.823. The topological polar surface area (TPSA) is 44.1 Å². The zero-order valence-corrected chi connectivity index (χ0v) is 7.21. The van der Waals surface area contributed by atoms with E-state index in [0.29, 0.717) is 10.9 Å². The van der Waals surface area contributed by atoms with Gasteiger partial charge in [-0.25, -0.2) is 0 Å². The van der Waals surface area contributed by atoms with E-state index in [1.807, 2.05) is 0 Å². The zero-order chi connectivity index (χ0) is 10.8. The van der Waals surface area contributed by atoms with Gasteiger partial charge in [-0.05, 0) is 6.92 Å². The molecule has 1 heterocycles. The van der Waals surface area contributed by atoms with E-state index in [1.165, 1.54) is 0 Å². The Bertz CT molecular complexity index is 332. The highest BCUT2D eigenvalue weighted by Gasteiger charge is 2.35. The lowest BCUT2D eigenvalue weighted by Gasteiger charge is -2.02. The van der Waals surface area contributed by atoms with Crippen LogP contribution in [0.5, 0.6) is 0 Å². The normalized spacial score (nSPS) is 11.4. The SMILES string of the molecule is CCOn1nc(C(F)(F)F)cc1C=O. The van der Waals surface area contributed by atoms with Crippen molar-refractivity contribution in [3.05, 3.63) is 17.5 Å². The first-order chi connectivity index (χ1) is 6.49. The van der Waals surface area contributed by atoms with E-state index in [4.69, 9.17) is 0 Å². The van der Waals surface area contributed by atoms with Crippen molar-refractivity contribution < 1.29 is 22.8 Å². The number of aldehydes is 1. The summed E-state index contributed by atoms with van der Waals surface area (Å²) in [7, 11) is 0. The number of rotatable bonds is 3. The summed E-state index contributed by atoms with van der Waals surface area (Å²) in [5, 5.41) is 3.08. The van der Waals surface area contributed by atoms with Gasteiger partial charge in [-0.1, -0.05) is 4.85 Å². The Balaban J connectivity index is 3.06. The van der Waals surface area contributed by atoms with E-state index in [0.717, 1.165) is 0 Å². The van der Waals surface area contributed by atoms with Crippen molar-refractivity contribution in [2.45, 2.75) is 13.1 Å². The molecule has 0 aliphatic carbocycles. The number of hydrogen-bond acceptors (Lipinski definition) is 3. The molecule has 78 valence electrons. The molecule has 7 heteroatoms. The fourth-order valence-electron chi connectivity index (χ4n) is 0.823. The number of aromatic nitrogens is 2. The van der Waals surface area contributed by atoms with Gasteiger partial charge < -0.3 is 4.84 Å². The largest absolute Gasteiger partial charge is 0.435 e. The maximum atomic E-state index is 12.1. The Kier molecular flexibility index (Phi) is 2.78. The van der Waals surface area contributed by atoms with Crippen LogP contribution in [-0.2, 0) is 6.18 Å². The van der Waals surface area contributed by atoms with E-state index in [1.54, 1.807) is 6.92 Å². The van der Waals surface area contributed by atoms with E-state index in [-0.39, 0.29) is 18.6 Å². The highest BCUT2D eigenvalue weighted by Crippen LogP contribution is 2.27. The van der Waals surface area contributed by atoms with Gasteiger partial charge in [0.15, 0.2) is 12.0 Å². The summed E-state index contributed by atoms with van der Waals surface area (Å²) < 4.78 is 36.3. The molecule has 14 heavy (non-hydrogen) atoms. The van der Waals surface area contributed by atoms with Gasteiger partial charge in [0.1, 0.15) is 12.3 Å². The molecule has 0 N–H and O–H groups in total. The van der Waals surface area contributed by atoms with Gasteiger partial charge in [-0.15, -0.1) is 5.10 Å². The zero-order valence-electron chi connectivity index (χ0n) is 7.21. The van der Waals surface area contributed by atoms with Crippen LogP contribution in [0.25, 0.3) is 0 Å². The van der Waals surface area contributed by atoms with Crippen LogP contribution in [0.15, 0.2) is 6.07 Å². The van der Waals surface area contributed by atoms with Crippen molar-refractivity contribution in [1.82, 2.24) is 9.94 Å². The molecule has 0 aliphatic heterocycles. The van der Waals surface area contributed by atoms with Crippen molar-refractivity contribution >= 4 is 6.29 Å². The van der Waals surface area contributed by atoms with Gasteiger partial charge in [0.05, 0.1) is 0 Å². The van der Waals surface area contributed by atoms with Crippen LogP contribution in [0.4, 0.5) is 13.2 Å². The second-order valence-electron chi connectivity index (χ2n) is 2.36. The number of alkyl halides is 3. The van der Waals surface area contributed by atoms with Crippen molar-refractivity contribution in [1.29, 1.82) is 0 Å². The lowest BCUT2D eigenvalue weighted by Crippen LogP contribution is -2.16. The molecule has 0 saturated heterocycles. The molecule has 1 rings (SSSR count). The van der Waals surface area contributed by atoms with Crippen molar-refractivity contribution in [2.24, 2.45) is 0 Å². The first-order valence-electron chi connectivity index (χ1n) is 3.74. The minimum atomic E-state index is -4.57. The molecule has 0 aliphatic rings. The minimum absolute atomic E-state index is 0.125. The summed E-state index contributed by atoms with van der Waals surface area (Å²) in [6, 6.07) is 0.628. The smallest absolute Gasteiger partial charge is 0.396 e. The van der Waals surface area contributed by atoms with E-state index in [9.17, 15) is 18.0 Å². The molecule has 1 aromatic heterocycles. The van der Waals surface area contributed by atoms with Crippen LogP contribution < -0.4 is 4.84 Å². The van der Waals surface area contributed by atoms with Gasteiger partial charge in [-0.3, -0.25) is 4.79 Å². The molecule has 0 radical (unpaired) electrons. The first kappa shape index (κ1) is 10.6. The second-order valence-corrected chi connectivity index (χ2v) is 2.36. The number of carbonyl (C=O) groups is 1. The van der Waals surface area contributed by atoms with Gasteiger partial charge >= 0.3 is 6.18 Å². The van der Waals surface area contributed by atoms with Crippen molar-refractivity contribution in [3.63, 3.8) is 0 Å². The first-order valence-corrected chi connectivity index (χ1v) is 3.74. The highest BCUT2D eigenvalue weighted by molar-refractivity contribution is 5.72. The monoisotopic (exact) mass is 208 g/mol. The molecule has 0 bridgehead atoms. The molecule has 0 amide bonds. The minimum Gasteiger partial charge on any atom is -0.396 e. The molecular weight excluding hydrogens is 201 g/mol. The van der Waals surface area contributed by atoms with Gasteiger partial charge in [0, 0.05) is 6.07 Å². The number of halogens is 3. The molecular formula is C7H7F3N2O2. The van der Waals surface area contributed by atoms with Crippen molar-refractivity contribution in [3.8, 4) is 0 Å². The Hall–Kier alpha value is -1.53. The lowest BCUT2D eigenvalue weighted by atomic mass is 10.4. The third-order valence-electron chi connectivity index (χ3n) is 1.37. The highest BCUT2D eigenvalue weighted by atomic mass is 19.4. The van der Waals surface area contributed by atoms with E-state index < -0.39 is 11.9 Å². The predicted octanol–water partition coefficient (Wildman–Crippen LogP) is 1.16. The third kappa shape index (κ3) is 2.04. The molecule has 1 aromatic rings. The van der Waals surface area contributed by atoms with Crippen LogP contribution in [0.1, 0.15) is 23.1 Å². The van der Waals surface area contributed by atoms with Crippen LogP contribution >= 0.6 is 0 Å². The predicted molar refractivity (Wildman–Crippen MR) is 39.7 cm³/mol. The van der Waals surface area contributed by atoms with Crippen LogP contribution in [0.2, 0.25) is 0 Å². The summed E-state index contributed by atoms with van der Waals surface area (Å²) in [6.45, 7) is 1.70. The number of nitrogens with zero attached hydrogens (tertiary/aromatic N) is 2. The number of carbonyl (C=O) groups excluding carboxylic acids is 1. The summed E-state index contributed by atoms with van der Waals surface area (Å²) in [6.07, 6.45) is -4.32. The summed E-state index contributed by atoms with van der Waals surface area (Å²) in [5.41, 5.74) is -1.41. The quantitative estimate of drug-likeness (QED) is 0.700. The van der Waals surface area contributed by atoms with Crippen LogP contribution in [0, 0.1) is 0 Å². The molecule has 0 spiro atoms. The Morgan fingerprint density at radius 3 is 2.71 bits per heavy atom. The fraction of sp³-hybridized carbons (Fsp3) is 0.429.